The summed E-state index contributed by atoms with van der Waals surface area (Å²) in [4.78, 5) is 0. The van der Waals surface area contributed by atoms with Gasteiger partial charge < -0.3 is 4.74 Å². The molecule has 1 fully saturated rings. The lowest BCUT2D eigenvalue weighted by atomic mass is 9.95. The number of nitrogens with zero attached hydrogens (tertiary/aromatic N) is 3. The van der Waals surface area contributed by atoms with Crippen LogP contribution in [0.1, 0.15) is 49.3 Å². The van der Waals surface area contributed by atoms with E-state index in [0.717, 1.165) is 28.0 Å². The summed E-state index contributed by atoms with van der Waals surface area (Å²) < 4.78 is 7.70. The molecule has 1 aromatic heterocycles. The number of hydrogen-bond donors (Lipinski definition) is 0. The van der Waals surface area contributed by atoms with E-state index in [4.69, 9.17) is 4.74 Å². The number of benzene rings is 2. The summed E-state index contributed by atoms with van der Waals surface area (Å²) in [6.07, 6.45) is 6.32. The fraction of sp³-hybridized carbons (Fsp3) is 0.391. The first-order valence-corrected chi connectivity index (χ1v) is 11.0. The number of hydrogen-bond acceptors (Lipinski definition) is 4. The normalized spacial score (nSPS) is 14.9. The van der Waals surface area contributed by atoms with Crippen molar-refractivity contribution in [2.75, 3.05) is 7.11 Å². The second-order valence-electron chi connectivity index (χ2n) is 7.47. The second-order valence-corrected chi connectivity index (χ2v) is 8.42. The minimum Gasteiger partial charge on any atom is -0.497 e. The Morgan fingerprint density at radius 1 is 1.04 bits per heavy atom. The molecule has 0 bridgehead atoms. The largest absolute Gasteiger partial charge is 0.497 e. The molecule has 4 nitrogen and oxygen atoms in total. The van der Waals surface area contributed by atoms with Crippen molar-refractivity contribution in [2.24, 2.45) is 0 Å². The minimum atomic E-state index is 0.487. The first-order chi connectivity index (χ1) is 13.7. The molecule has 1 heterocycles. The highest BCUT2D eigenvalue weighted by atomic mass is 32.2. The van der Waals surface area contributed by atoms with Crippen LogP contribution in [0.3, 0.4) is 0 Å². The van der Waals surface area contributed by atoms with Crippen LogP contribution < -0.4 is 4.74 Å². The maximum atomic E-state index is 5.31. The Balaban J connectivity index is 1.64. The van der Waals surface area contributed by atoms with E-state index in [1.165, 1.54) is 43.2 Å². The molecule has 0 atom stereocenters. The highest BCUT2D eigenvalue weighted by molar-refractivity contribution is 7.98. The molecule has 28 heavy (non-hydrogen) atoms. The van der Waals surface area contributed by atoms with Gasteiger partial charge >= 0.3 is 0 Å². The van der Waals surface area contributed by atoms with Gasteiger partial charge in [-0.3, -0.25) is 4.57 Å². The maximum absolute atomic E-state index is 5.31. The molecular weight excluding hydrogens is 366 g/mol. The van der Waals surface area contributed by atoms with Gasteiger partial charge in [-0.05, 0) is 49.6 Å². The minimum absolute atomic E-state index is 0.487. The summed E-state index contributed by atoms with van der Waals surface area (Å²) in [5, 5.41) is 10.2. The molecule has 5 heteroatoms. The van der Waals surface area contributed by atoms with E-state index in [2.05, 4.69) is 58.1 Å². The molecule has 0 unspecified atom stereocenters. The van der Waals surface area contributed by atoms with Gasteiger partial charge in [-0.2, -0.15) is 0 Å². The van der Waals surface area contributed by atoms with E-state index in [1.54, 1.807) is 18.9 Å². The molecule has 0 aliphatic heterocycles. The predicted octanol–water partition coefficient (Wildman–Crippen LogP) is 6.06. The van der Waals surface area contributed by atoms with Gasteiger partial charge in [-0.1, -0.05) is 60.9 Å². The maximum Gasteiger partial charge on any atom is 0.192 e. The monoisotopic (exact) mass is 393 g/mol. The SMILES string of the molecule is COc1ccc(-c2nnc(SCc3cccc(C)c3)n2C2CCCCC2)cc1. The van der Waals surface area contributed by atoms with Gasteiger partial charge in [-0.15, -0.1) is 10.2 Å². The number of thioether (sulfide) groups is 1. The van der Waals surface area contributed by atoms with Gasteiger partial charge in [0, 0.05) is 17.4 Å². The summed E-state index contributed by atoms with van der Waals surface area (Å²) in [6.45, 7) is 2.14. The Hall–Kier alpha value is -2.27. The number of aromatic nitrogens is 3. The van der Waals surface area contributed by atoms with Crippen LogP contribution in [-0.2, 0) is 5.75 Å². The van der Waals surface area contributed by atoms with Crippen LogP contribution >= 0.6 is 11.8 Å². The van der Waals surface area contributed by atoms with Crippen LogP contribution in [-0.4, -0.2) is 21.9 Å². The van der Waals surface area contributed by atoms with Gasteiger partial charge in [0.05, 0.1) is 7.11 Å². The zero-order valence-corrected chi connectivity index (χ0v) is 17.4. The first-order valence-electron chi connectivity index (χ1n) is 10.0. The lowest BCUT2D eigenvalue weighted by molar-refractivity contribution is 0.339. The van der Waals surface area contributed by atoms with Gasteiger partial charge in [0.15, 0.2) is 11.0 Å². The Morgan fingerprint density at radius 2 is 1.82 bits per heavy atom. The molecule has 1 aliphatic carbocycles. The van der Waals surface area contributed by atoms with Crippen LogP contribution in [0.5, 0.6) is 5.75 Å². The Morgan fingerprint density at radius 3 is 2.54 bits per heavy atom. The molecule has 0 radical (unpaired) electrons. The first kappa shape index (κ1) is 19.1. The predicted molar refractivity (Wildman–Crippen MR) is 115 cm³/mol. The van der Waals surface area contributed by atoms with Crippen molar-refractivity contribution in [1.29, 1.82) is 0 Å². The Kier molecular flexibility index (Phi) is 6.01. The molecular formula is C23H27N3OS. The zero-order valence-electron chi connectivity index (χ0n) is 16.6. The third-order valence-electron chi connectivity index (χ3n) is 5.40. The molecule has 0 amide bonds. The smallest absolute Gasteiger partial charge is 0.192 e. The summed E-state index contributed by atoms with van der Waals surface area (Å²) >= 11 is 1.79. The van der Waals surface area contributed by atoms with Crippen LogP contribution in [0.15, 0.2) is 53.7 Å². The highest BCUT2D eigenvalue weighted by Gasteiger charge is 2.23. The topological polar surface area (TPSA) is 39.9 Å². The quantitative estimate of drug-likeness (QED) is 0.477. The van der Waals surface area contributed by atoms with Crippen LogP contribution in [0.2, 0.25) is 0 Å². The molecule has 3 aromatic rings. The van der Waals surface area contributed by atoms with Gasteiger partial charge in [0.25, 0.3) is 0 Å². The van der Waals surface area contributed by atoms with Crippen LogP contribution in [0.4, 0.5) is 0 Å². The van der Waals surface area contributed by atoms with E-state index in [-0.39, 0.29) is 0 Å². The molecule has 0 saturated heterocycles. The summed E-state index contributed by atoms with van der Waals surface area (Å²) in [5.74, 6) is 2.75. The van der Waals surface area contributed by atoms with E-state index >= 15 is 0 Å². The third kappa shape index (κ3) is 4.25. The van der Waals surface area contributed by atoms with Gasteiger partial charge in [0.2, 0.25) is 0 Å². The molecule has 0 spiro atoms. The molecule has 146 valence electrons. The van der Waals surface area contributed by atoms with Crippen molar-refractivity contribution < 1.29 is 4.74 Å². The second kappa shape index (κ2) is 8.82. The molecule has 2 aromatic carbocycles. The number of rotatable bonds is 6. The van der Waals surface area contributed by atoms with Gasteiger partial charge in [-0.25, -0.2) is 0 Å². The number of ether oxygens (including phenoxy) is 1. The van der Waals surface area contributed by atoms with E-state index < -0.39 is 0 Å². The average Bonchev–Trinajstić information content (AvgIpc) is 3.17. The van der Waals surface area contributed by atoms with Crippen LogP contribution in [0.25, 0.3) is 11.4 Å². The standard InChI is InChI=1S/C23H27N3OS/c1-17-7-6-8-18(15-17)16-28-23-25-24-22(19-11-13-21(27-2)14-12-19)26(23)20-9-4-3-5-10-20/h6-8,11-15,20H,3-5,9-10,16H2,1-2H3. The Labute approximate surface area is 171 Å². The van der Waals surface area contributed by atoms with Gasteiger partial charge in [0.1, 0.15) is 5.75 Å². The van der Waals surface area contributed by atoms with Crippen molar-refractivity contribution >= 4 is 11.8 Å². The van der Waals surface area contributed by atoms with Crippen molar-refractivity contribution in [3.05, 3.63) is 59.7 Å². The summed E-state index contributed by atoms with van der Waals surface area (Å²) in [6, 6.07) is 17.3. The summed E-state index contributed by atoms with van der Waals surface area (Å²) in [7, 11) is 1.69. The highest BCUT2D eigenvalue weighted by Crippen LogP contribution is 2.36. The number of methoxy groups -OCH3 is 1. The molecule has 4 rings (SSSR count). The Bertz CT molecular complexity index is 914. The molecule has 0 N–H and O–H groups in total. The van der Waals surface area contributed by atoms with E-state index in [0.29, 0.717) is 6.04 Å². The molecule has 1 saturated carbocycles. The fourth-order valence-electron chi connectivity index (χ4n) is 3.93. The van der Waals surface area contributed by atoms with Crippen molar-refractivity contribution in [2.45, 2.75) is 56.0 Å². The van der Waals surface area contributed by atoms with Crippen molar-refractivity contribution in [1.82, 2.24) is 14.8 Å². The molecule has 1 aliphatic rings. The number of aryl methyl sites for hydroxylation is 1. The lowest BCUT2D eigenvalue weighted by Gasteiger charge is -2.25. The fourth-order valence-corrected chi connectivity index (χ4v) is 4.88. The van der Waals surface area contributed by atoms with E-state index in [1.807, 2.05) is 12.1 Å². The van der Waals surface area contributed by atoms with Crippen molar-refractivity contribution in [3.63, 3.8) is 0 Å². The van der Waals surface area contributed by atoms with Crippen molar-refractivity contribution in [3.8, 4) is 17.1 Å². The van der Waals surface area contributed by atoms with Crippen LogP contribution in [0, 0.1) is 6.92 Å². The summed E-state index contributed by atoms with van der Waals surface area (Å²) in [5.41, 5.74) is 3.72. The average molecular weight is 394 g/mol. The van der Waals surface area contributed by atoms with E-state index in [9.17, 15) is 0 Å². The third-order valence-corrected chi connectivity index (χ3v) is 6.42. The zero-order chi connectivity index (χ0) is 19.3. The lowest BCUT2D eigenvalue weighted by Crippen LogP contribution is -2.15.